The fourth-order valence-corrected chi connectivity index (χ4v) is 5.05. The van der Waals surface area contributed by atoms with Gasteiger partial charge in [0.25, 0.3) is 0 Å². The van der Waals surface area contributed by atoms with Crippen molar-refractivity contribution in [3.63, 3.8) is 0 Å². The lowest BCUT2D eigenvalue weighted by Gasteiger charge is -2.46. The number of quaternary nitrogens is 1. The van der Waals surface area contributed by atoms with E-state index in [9.17, 15) is 4.79 Å². The Labute approximate surface area is 161 Å². The zero-order valence-electron chi connectivity index (χ0n) is 16.3. The maximum absolute atomic E-state index is 12.6. The average Bonchev–Trinajstić information content (AvgIpc) is 2.70. The number of benzene rings is 1. The SMILES string of the molecule is COc1ccc(C[NH+]2[C@@H]3CCC[C@H]2CC(NC(=O)N2CCOCC2)C3)cc1. The third-order valence-electron chi connectivity index (χ3n) is 6.49. The molecule has 0 saturated carbocycles. The van der Waals surface area contributed by atoms with E-state index in [2.05, 4.69) is 29.6 Å². The van der Waals surface area contributed by atoms with Gasteiger partial charge in [-0.3, -0.25) is 0 Å². The van der Waals surface area contributed by atoms with E-state index < -0.39 is 0 Å². The van der Waals surface area contributed by atoms with E-state index in [4.69, 9.17) is 9.47 Å². The number of hydrogen-bond donors (Lipinski definition) is 2. The highest BCUT2D eigenvalue weighted by Crippen LogP contribution is 2.23. The summed E-state index contributed by atoms with van der Waals surface area (Å²) in [4.78, 5) is 16.2. The number of urea groups is 1. The molecule has 2 amide bonds. The minimum atomic E-state index is 0.0972. The standard InChI is InChI=1S/C21H31N3O3/c1-26-20-7-5-16(6-8-20)15-24-18-3-2-4-19(24)14-17(13-18)22-21(25)23-9-11-27-12-10-23/h5-8,17-19H,2-4,9-15H2,1H3,(H,22,25)/p+1/t17?,18-,19+. The molecule has 6 heteroatoms. The molecule has 3 aliphatic rings. The van der Waals surface area contributed by atoms with Crippen LogP contribution in [0.4, 0.5) is 4.79 Å². The first-order chi connectivity index (χ1) is 13.2. The highest BCUT2D eigenvalue weighted by molar-refractivity contribution is 5.74. The number of carbonyl (C=O) groups excluding carboxylic acids is 1. The number of amides is 2. The summed E-state index contributed by atoms with van der Waals surface area (Å²) in [5.74, 6) is 0.915. The van der Waals surface area contributed by atoms with Crippen molar-refractivity contribution in [2.45, 2.75) is 56.8 Å². The first-order valence-electron chi connectivity index (χ1n) is 10.3. The fourth-order valence-electron chi connectivity index (χ4n) is 5.05. The molecule has 3 aliphatic heterocycles. The van der Waals surface area contributed by atoms with Gasteiger partial charge < -0.3 is 24.6 Å². The Bertz CT molecular complexity index is 616. The minimum absolute atomic E-state index is 0.0972. The van der Waals surface area contributed by atoms with E-state index in [1.807, 2.05) is 4.90 Å². The molecule has 2 unspecified atom stereocenters. The fraction of sp³-hybridized carbons (Fsp3) is 0.667. The van der Waals surface area contributed by atoms with Crippen molar-refractivity contribution in [3.8, 4) is 5.75 Å². The van der Waals surface area contributed by atoms with Crippen LogP contribution in [0.15, 0.2) is 24.3 Å². The molecule has 2 N–H and O–H groups in total. The molecule has 27 heavy (non-hydrogen) atoms. The second kappa shape index (κ2) is 8.48. The molecule has 0 aromatic heterocycles. The van der Waals surface area contributed by atoms with Crippen molar-refractivity contribution >= 4 is 6.03 Å². The van der Waals surface area contributed by atoms with Crippen LogP contribution in [-0.4, -0.2) is 62.5 Å². The number of methoxy groups -OCH3 is 1. The van der Waals surface area contributed by atoms with Gasteiger partial charge in [-0.1, -0.05) is 0 Å². The molecule has 1 aromatic rings. The largest absolute Gasteiger partial charge is 0.497 e. The third kappa shape index (κ3) is 4.38. The lowest BCUT2D eigenvalue weighted by Crippen LogP contribution is -3.20. The molecule has 2 bridgehead atoms. The highest BCUT2D eigenvalue weighted by atomic mass is 16.5. The first-order valence-corrected chi connectivity index (χ1v) is 10.3. The molecule has 6 nitrogen and oxygen atoms in total. The van der Waals surface area contributed by atoms with Gasteiger partial charge in [0.2, 0.25) is 0 Å². The molecule has 4 rings (SSSR count). The molecule has 148 valence electrons. The van der Waals surface area contributed by atoms with Gasteiger partial charge in [-0.05, 0) is 43.5 Å². The van der Waals surface area contributed by atoms with Crippen LogP contribution in [-0.2, 0) is 11.3 Å². The predicted octanol–water partition coefficient (Wildman–Crippen LogP) is 1.21. The van der Waals surface area contributed by atoms with Crippen molar-refractivity contribution in [2.24, 2.45) is 0 Å². The first kappa shape index (κ1) is 18.6. The highest BCUT2D eigenvalue weighted by Gasteiger charge is 2.42. The number of morpholine rings is 1. The van der Waals surface area contributed by atoms with E-state index in [0.29, 0.717) is 44.4 Å². The molecule has 3 saturated heterocycles. The van der Waals surface area contributed by atoms with Crippen molar-refractivity contribution in [2.75, 3.05) is 33.4 Å². The molecular weight excluding hydrogens is 342 g/mol. The zero-order valence-corrected chi connectivity index (χ0v) is 16.3. The maximum Gasteiger partial charge on any atom is 0.317 e. The summed E-state index contributed by atoms with van der Waals surface area (Å²) in [5, 5.41) is 3.32. The summed E-state index contributed by atoms with van der Waals surface area (Å²) in [5.41, 5.74) is 1.37. The molecule has 4 atom stereocenters. The normalized spacial score (nSPS) is 30.6. The average molecular weight is 375 g/mol. The van der Waals surface area contributed by atoms with Crippen LogP contribution in [0.2, 0.25) is 0 Å². The molecule has 0 spiro atoms. The van der Waals surface area contributed by atoms with Gasteiger partial charge in [-0.25, -0.2) is 4.79 Å². The molecule has 3 heterocycles. The molecule has 0 aliphatic carbocycles. The Balaban J connectivity index is 1.36. The monoisotopic (exact) mass is 374 g/mol. The van der Waals surface area contributed by atoms with Crippen LogP contribution in [0.5, 0.6) is 5.75 Å². The smallest absolute Gasteiger partial charge is 0.317 e. The Morgan fingerprint density at radius 1 is 1.19 bits per heavy atom. The summed E-state index contributed by atoms with van der Waals surface area (Å²) in [6.45, 7) is 3.80. The number of rotatable bonds is 4. The Hall–Kier alpha value is -1.79. The van der Waals surface area contributed by atoms with Crippen LogP contribution in [0, 0.1) is 0 Å². The van der Waals surface area contributed by atoms with Crippen molar-refractivity contribution in [3.05, 3.63) is 29.8 Å². The van der Waals surface area contributed by atoms with Gasteiger partial charge in [-0.2, -0.15) is 0 Å². The summed E-state index contributed by atoms with van der Waals surface area (Å²) in [6, 6.07) is 10.2. The quantitative estimate of drug-likeness (QED) is 0.833. The van der Waals surface area contributed by atoms with E-state index in [1.165, 1.54) is 24.8 Å². The molecular formula is C21H32N3O3+. The number of nitrogens with zero attached hydrogens (tertiary/aromatic N) is 1. The molecule has 1 aromatic carbocycles. The van der Waals surface area contributed by atoms with Gasteiger partial charge in [-0.15, -0.1) is 0 Å². The van der Waals surface area contributed by atoms with Gasteiger partial charge in [0.1, 0.15) is 12.3 Å². The van der Waals surface area contributed by atoms with Crippen molar-refractivity contribution in [1.82, 2.24) is 10.2 Å². The molecule has 3 fully saturated rings. The van der Waals surface area contributed by atoms with Crippen molar-refractivity contribution in [1.29, 1.82) is 0 Å². The second-order valence-corrected chi connectivity index (χ2v) is 8.14. The van der Waals surface area contributed by atoms with Gasteiger partial charge in [0.05, 0.1) is 32.4 Å². The number of ether oxygens (including phenoxy) is 2. The van der Waals surface area contributed by atoms with Gasteiger partial charge in [0.15, 0.2) is 0 Å². The van der Waals surface area contributed by atoms with Crippen LogP contribution < -0.4 is 15.0 Å². The zero-order chi connectivity index (χ0) is 18.6. The lowest BCUT2D eigenvalue weighted by molar-refractivity contribution is -0.973. The van der Waals surface area contributed by atoms with E-state index in [-0.39, 0.29) is 6.03 Å². The Morgan fingerprint density at radius 3 is 2.48 bits per heavy atom. The number of piperidine rings is 2. The number of fused-ring (bicyclic) bond motifs is 2. The summed E-state index contributed by atoms with van der Waals surface area (Å²) < 4.78 is 10.6. The number of hydrogen-bond acceptors (Lipinski definition) is 3. The van der Waals surface area contributed by atoms with Crippen LogP contribution in [0.1, 0.15) is 37.7 Å². The van der Waals surface area contributed by atoms with Crippen molar-refractivity contribution < 1.29 is 19.2 Å². The number of nitrogens with one attached hydrogen (secondary N) is 2. The third-order valence-corrected chi connectivity index (χ3v) is 6.49. The van der Waals surface area contributed by atoms with Gasteiger partial charge in [0, 0.05) is 37.5 Å². The van der Waals surface area contributed by atoms with Crippen LogP contribution in [0.3, 0.4) is 0 Å². The summed E-state index contributed by atoms with van der Waals surface area (Å²) >= 11 is 0. The number of carbonyl (C=O) groups is 1. The molecule has 0 radical (unpaired) electrons. The Morgan fingerprint density at radius 2 is 1.85 bits per heavy atom. The van der Waals surface area contributed by atoms with Crippen LogP contribution >= 0.6 is 0 Å². The second-order valence-electron chi connectivity index (χ2n) is 8.14. The van der Waals surface area contributed by atoms with Gasteiger partial charge >= 0.3 is 6.03 Å². The maximum atomic E-state index is 12.6. The topological polar surface area (TPSA) is 55.2 Å². The van der Waals surface area contributed by atoms with E-state index >= 15 is 0 Å². The van der Waals surface area contributed by atoms with Crippen LogP contribution in [0.25, 0.3) is 0 Å². The Kier molecular flexibility index (Phi) is 5.83. The summed E-state index contributed by atoms with van der Waals surface area (Å²) in [7, 11) is 1.71. The van der Waals surface area contributed by atoms with E-state index in [0.717, 1.165) is 25.1 Å². The lowest BCUT2D eigenvalue weighted by atomic mass is 9.81. The van der Waals surface area contributed by atoms with E-state index in [1.54, 1.807) is 12.0 Å². The predicted molar refractivity (Wildman–Crippen MR) is 103 cm³/mol. The minimum Gasteiger partial charge on any atom is -0.497 e. The summed E-state index contributed by atoms with van der Waals surface area (Å²) in [6.07, 6.45) is 6.06.